The van der Waals surface area contributed by atoms with Crippen LogP contribution in [0.25, 0.3) is 0 Å². The highest BCUT2D eigenvalue weighted by Gasteiger charge is 2.42. The smallest absolute Gasteiger partial charge is 0.310 e. The van der Waals surface area contributed by atoms with Crippen molar-refractivity contribution in [3.63, 3.8) is 0 Å². The first kappa shape index (κ1) is 20.9. The van der Waals surface area contributed by atoms with Crippen molar-refractivity contribution in [3.05, 3.63) is 59.7 Å². The minimum absolute atomic E-state index is 0.0144. The predicted octanol–water partition coefficient (Wildman–Crippen LogP) is 4.39. The van der Waals surface area contributed by atoms with E-state index in [4.69, 9.17) is 9.47 Å². The number of hydrogen-bond acceptors (Lipinski definition) is 4. The number of aliphatic carboxylic acids is 1. The van der Waals surface area contributed by atoms with Crippen molar-refractivity contribution in [2.24, 2.45) is 5.41 Å². The van der Waals surface area contributed by atoms with Crippen LogP contribution in [-0.2, 0) is 27.5 Å². The number of nitrogens with one attached hydrogen (secondary N) is 1. The summed E-state index contributed by atoms with van der Waals surface area (Å²) in [6.45, 7) is 0.885. The van der Waals surface area contributed by atoms with Gasteiger partial charge in [0.15, 0.2) is 0 Å². The summed E-state index contributed by atoms with van der Waals surface area (Å²) in [4.78, 5) is 24.1. The quantitative estimate of drug-likeness (QED) is 0.656. The van der Waals surface area contributed by atoms with Gasteiger partial charge in [0.05, 0.1) is 25.7 Å². The van der Waals surface area contributed by atoms with Gasteiger partial charge in [0.2, 0.25) is 5.91 Å². The molecule has 6 heteroatoms. The Morgan fingerprint density at radius 1 is 1.03 bits per heavy atom. The predicted molar refractivity (Wildman–Crippen MR) is 110 cm³/mol. The molecular weight excluding hydrogens is 370 g/mol. The van der Waals surface area contributed by atoms with Gasteiger partial charge < -0.3 is 19.9 Å². The first-order valence-corrected chi connectivity index (χ1v) is 9.84. The number of carbonyl (C=O) groups is 2. The lowest BCUT2D eigenvalue weighted by Gasteiger charge is -2.22. The number of anilines is 1. The minimum Gasteiger partial charge on any atom is -0.497 e. The molecular formula is C23H27NO5. The van der Waals surface area contributed by atoms with Gasteiger partial charge >= 0.3 is 5.97 Å². The number of hydrogen-bond donors (Lipinski definition) is 2. The van der Waals surface area contributed by atoms with Crippen molar-refractivity contribution < 1.29 is 24.2 Å². The fraction of sp³-hybridized carbons (Fsp3) is 0.391. The van der Waals surface area contributed by atoms with Crippen molar-refractivity contribution in [1.29, 1.82) is 0 Å². The molecule has 0 atom stereocenters. The Balaban J connectivity index is 1.52. The molecule has 1 amide bonds. The molecule has 2 aromatic carbocycles. The van der Waals surface area contributed by atoms with Crippen LogP contribution in [0.2, 0.25) is 0 Å². The highest BCUT2D eigenvalue weighted by Crippen LogP contribution is 2.41. The number of rotatable bonds is 9. The molecule has 1 aliphatic carbocycles. The van der Waals surface area contributed by atoms with Gasteiger partial charge in [-0.25, -0.2) is 0 Å². The summed E-state index contributed by atoms with van der Waals surface area (Å²) in [6, 6.07) is 15.1. The van der Waals surface area contributed by atoms with Crippen molar-refractivity contribution in [3.8, 4) is 5.75 Å². The molecule has 0 saturated heterocycles. The zero-order valence-electron chi connectivity index (χ0n) is 16.6. The summed E-state index contributed by atoms with van der Waals surface area (Å²) >= 11 is 0. The van der Waals surface area contributed by atoms with Gasteiger partial charge in [-0.1, -0.05) is 37.1 Å². The van der Waals surface area contributed by atoms with Gasteiger partial charge in [-0.3, -0.25) is 9.59 Å². The first-order valence-electron chi connectivity index (χ1n) is 9.84. The van der Waals surface area contributed by atoms with Crippen LogP contribution in [0.3, 0.4) is 0 Å². The van der Waals surface area contributed by atoms with E-state index in [1.807, 2.05) is 42.5 Å². The summed E-state index contributed by atoms with van der Waals surface area (Å²) in [5.74, 6) is -0.323. The molecule has 2 aromatic rings. The van der Waals surface area contributed by atoms with Crippen LogP contribution in [0.4, 0.5) is 5.69 Å². The molecule has 3 rings (SSSR count). The SMILES string of the molecule is COc1ccc(COCc2cccc(NC(=O)CC3(C(=O)O)CCCC3)c2)cc1. The van der Waals surface area contributed by atoms with Gasteiger partial charge in [-0.2, -0.15) is 0 Å². The van der Waals surface area contributed by atoms with E-state index in [9.17, 15) is 14.7 Å². The fourth-order valence-corrected chi connectivity index (χ4v) is 3.78. The van der Waals surface area contributed by atoms with Crippen LogP contribution in [0, 0.1) is 5.41 Å². The number of amides is 1. The molecule has 0 bridgehead atoms. The highest BCUT2D eigenvalue weighted by molar-refractivity contribution is 5.94. The number of carboxylic acid groups (broad SMARTS) is 1. The lowest BCUT2D eigenvalue weighted by Crippen LogP contribution is -2.32. The number of methoxy groups -OCH3 is 1. The molecule has 1 fully saturated rings. The molecule has 29 heavy (non-hydrogen) atoms. The topological polar surface area (TPSA) is 84.9 Å². The zero-order valence-corrected chi connectivity index (χ0v) is 16.6. The Labute approximate surface area is 170 Å². The van der Waals surface area contributed by atoms with E-state index >= 15 is 0 Å². The maximum atomic E-state index is 12.4. The summed E-state index contributed by atoms with van der Waals surface area (Å²) in [6.07, 6.45) is 2.87. The Morgan fingerprint density at radius 2 is 1.72 bits per heavy atom. The molecule has 0 heterocycles. The van der Waals surface area contributed by atoms with E-state index in [0.29, 0.717) is 31.7 Å². The third kappa shape index (κ3) is 5.57. The lowest BCUT2D eigenvalue weighted by atomic mass is 9.82. The number of carboxylic acids is 1. The average molecular weight is 397 g/mol. The number of benzene rings is 2. The second-order valence-corrected chi connectivity index (χ2v) is 7.56. The van der Waals surface area contributed by atoms with E-state index in [-0.39, 0.29) is 12.3 Å². The third-order valence-electron chi connectivity index (χ3n) is 5.42. The molecule has 0 aliphatic heterocycles. The average Bonchev–Trinajstić information content (AvgIpc) is 3.18. The van der Waals surface area contributed by atoms with E-state index in [0.717, 1.165) is 29.7 Å². The summed E-state index contributed by atoms with van der Waals surface area (Å²) in [5, 5.41) is 12.4. The molecule has 0 radical (unpaired) electrons. The standard InChI is InChI=1S/C23H27NO5/c1-28-20-9-7-17(8-10-20)15-29-16-18-5-4-6-19(13-18)24-21(25)14-23(22(26)27)11-2-3-12-23/h4-10,13H,2-3,11-12,14-16H2,1H3,(H,24,25)(H,26,27). The number of ether oxygens (including phenoxy) is 2. The Kier molecular flexibility index (Phi) is 6.88. The van der Waals surface area contributed by atoms with E-state index in [1.54, 1.807) is 13.2 Å². The molecule has 2 N–H and O–H groups in total. The first-order chi connectivity index (χ1) is 14.0. The van der Waals surface area contributed by atoms with E-state index < -0.39 is 11.4 Å². The van der Waals surface area contributed by atoms with Crippen molar-refractivity contribution in [2.45, 2.75) is 45.3 Å². The van der Waals surface area contributed by atoms with Gasteiger partial charge in [0, 0.05) is 12.1 Å². The molecule has 154 valence electrons. The van der Waals surface area contributed by atoms with Crippen LogP contribution < -0.4 is 10.1 Å². The van der Waals surface area contributed by atoms with E-state index in [1.165, 1.54) is 0 Å². The highest BCUT2D eigenvalue weighted by atomic mass is 16.5. The van der Waals surface area contributed by atoms with E-state index in [2.05, 4.69) is 5.32 Å². The Morgan fingerprint density at radius 3 is 2.38 bits per heavy atom. The monoisotopic (exact) mass is 397 g/mol. The molecule has 0 spiro atoms. The van der Waals surface area contributed by atoms with Crippen LogP contribution >= 0.6 is 0 Å². The lowest BCUT2D eigenvalue weighted by molar-refractivity contribution is -0.150. The van der Waals surface area contributed by atoms with Gasteiger partial charge in [-0.05, 0) is 48.2 Å². The van der Waals surface area contributed by atoms with Gasteiger partial charge in [-0.15, -0.1) is 0 Å². The maximum absolute atomic E-state index is 12.4. The van der Waals surface area contributed by atoms with Crippen LogP contribution in [0.1, 0.15) is 43.2 Å². The molecule has 6 nitrogen and oxygen atoms in total. The summed E-state index contributed by atoms with van der Waals surface area (Å²) < 4.78 is 10.9. The Hall–Kier alpha value is -2.86. The summed E-state index contributed by atoms with van der Waals surface area (Å²) in [7, 11) is 1.63. The molecule has 1 saturated carbocycles. The molecule has 0 aromatic heterocycles. The minimum atomic E-state index is -0.914. The van der Waals surface area contributed by atoms with Gasteiger partial charge in [0.25, 0.3) is 0 Å². The maximum Gasteiger partial charge on any atom is 0.310 e. The molecule has 1 aliphatic rings. The van der Waals surface area contributed by atoms with Crippen LogP contribution in [0.15, 0.2) is 48.5 Å². The van der Waals surface area contributed by atoms with Crippen molar-refractivity contribution in [2.75, 3.05) is 12.4 Å². The zero-order chi connectivity index (χ0) is 20.7. The fourth-order valence-electron chi connectivity index (χ4n) is 3.78. The largest absolute Gasteiger partial charge is 0.497 e. The van der Waals surface area contributed by atoms with Crippen LogP contribution in [-0.4, -0.2) is 24.1 Å². The second kappa shape index (κ2) is 9.56. The summed E-state index contributed by atoms with van der Waals surface area (Å²) in [5.41, 5.74) is 1.72. The van der Waals surface area contributed by atoms with Crippen molar-refractivity contribution in [1.82, 2.24) is 0 Å². The Bertz CT molecular complexity index is 841. The second-order valence-electron chi connectivity index (χ2n) is 7.56. The van der Waals surface area contributed by atoms with Gasteiger partial charge in [0.1, 0.15) is 5.75 Å². The third-order valence-corrected chi connectivity index (χ3v) is 5.42. The molecule has 0 unspecified atom stereocenters. The van der Waals surface area contributed by atoms with Crippen LogP contribution in [0.5, 0.6) is 5.75 Å². The number of carbonyl (C=O) groups excluding carboxylic acids is 1. The van der Waals surface area contributed by atoms with Crippen molar-refractivity contribution >= 4 is 17.6 Å². The normalized spacial score (nSPS) is 15.1.